The molecule has 1 aromatic rings. The molecular weight excluding hydrogens is 276 g/mol. The fourth-order valence-corrected chi connectivity index (χ4v) is 3.61. The van der Waals surface area contributed by atoms with Crippen molar-refractivity contribution in [3.8, 4) is 5.75 Å². The van der Waals surface area contributed by atoms with Gasteiger partial charge < -0.3 is 15.4 Å². The van der Waals surface area contributed by atoms with Gasteiger partial charge in [0, 0.05) is 25.6 Å². The van der Waals surface area contributed by atoms with Crippen LogP contribution in [0.15, 0.2) is 24.3 Å². The molecule has 120 valence electrons. The molecule has 2 N–H and O–H groups in total. The van der Waals surface area contributed by atoms with E-state index in [1.807, 2.05) is 12.1 Å². The van der Waals surface area contributed by atoms with E-state index >= 15 is 0 Å². The Kier molecular flexibility index (Phi) is 4.67. The maximum Gasteiger partial charge on any atom is 0.230 e. The summed E-state index contributed by atoms with van der Waals surface area (Å²) in [5.41, 5.74) is 0.791. The number of hydrogen-bond donors (Lipinski definition) is 2. The number of methoxy groups -OCH3 is 1. The van der Waals surface area contributed by atoms with Crippen molar-refractivity contribution in [3.05, 3.63) is 29.8 Å². The molecule has 3 rings (SSSR count). The van der Waals surface area contributed by atoms with Crippen molar-refractivity contribution in [2.24, 2.45) is 5.92 Å². The van der Waals surface area contributed by atoms with E-state index in [9.17, 15) is 4.79 Å². The van der Waals surface area contributed by atoms with Crippen LogP contribution in [0.2, 0.25) is 0 Å². The van der Waals surface area contributed by atoms with Crippen molar-refractivity contribution in [2.45, 2.75) is 37.5 Å². The van der Waals surface area contributed by atoms with Crippen molar-refractivity contribution in [2.75, 3.05) is 26.7 Å². The van der Waals surface area contributed by atoms with Crippen LogP contribution in [0.4, 0.5) is 0 Å². The second kappa shape index (κ2) is 6.69. The molecule has 1 aliphatic carbocycles. The topological polar surface area (TPSA) is 50.4 Å². The zero-order chi connectivity index (χ0) is 15.4. The molecule has 0 atom stereocenters. The average molecular weight is 302 g/mol. The lowest BCUT2D eigenvalue weighted by atomic mass is 9.68. The van der Waals surface area contributed by atoms with E-state index in [-0.39, 0.29) is 11.3 Å². The molecule has 22 heavy (non-hydrogen) atoms. The molecule has 0 spiro atoms. The van der Waals surface area contributed by atoms with Crippen LogP contribution in [-0.4, -0.2) is 32.7 Å². The van der Waals surface area contributed by atoms with Crippen LogP contribution in [0.3, 0.4) is 0 Å². The van der Waals surface area contributed by atoms with Gasteiger partial charge in [-0.1, -0.05) is 31.4 Å². The van der Waals surface area contributed by atoms with Gasteiger partial charge in [-0.25, -0.2) is 0 Å². The van der Waals surface area contributed by atoms with Gasteiger partial charge in [0.1, 0.15) is 5.75 Å². The maximum atomic E-state index is 13.0. The van der Waals surface area contributed by atoms with Gasteiger partial charge >= 0.3 is 0 Å². The highest BCUT2D eigenvalue weighted by Crippen LogP contribution is 2.40. The molecule has 0 unspecified atom stereocenters. The van der Waals surface area contributed by atoms with Crippen molar-refractivity contribution >= 4 is 5.91 Å². The van der Waals surface area contributed by atoms with Crippen LogP contribution in [0.25, 0.3) is 0 Å². The molecule has 2 aliphatic rings. The molecule has 1 amide bonds. The van der Waals surface area contributed by atoms with Gasteiger partial charge in [-0.05, 0) is 30.5 Å². The minimum absolute atomic E-state index is 0.212. The first kappa shape index (κ1) is 15.3. The van der Waals surface area contributed by atoms with E-state index in [0.29, 0.717) is 5.92 Å². The van der Waals surface area contributed by atoms with E-state index in [4.69, 9.17) is 4.74 Å². The zero-order valence-corrected chi connectivity index (χ0v) is 13.4. The number of ether oxygens (including phenoxy) is 1. The number of benzene rings is 1. The molecule has 1 aliphatic heterocycles. The van der Waals surface area contributed by atoms with Crippen molar-refractivity contribution < 1.29 is 9.53 Å². The van der Waals surface area contributed by atoms with Crippen LogP contribution < -0.4 is 15.4 Å². The highest BCUT2D eigenvalue weighted by Gasteiger charge is 2.41. The second-order valence-corrected chi connectivity index (χ2v) is 6.61. The summed E-state index contributed by atoms with van der Waals surface area (Å²) in [6.07, 6.45) is 5.40. The van der Waals surface area contributed by atoms with Gasteiger partial charge in [-0.15, -0.1) is 0 Å². The number of carbonyl (C=O) groups is 1. The number of rotatable bonds is 5. The molecule has 1 saturated heterocycles. The highest BCUT2D eigenvalue weighted by atomic mass is 16.5. The molecule has 0 aromatic heterocycles. The third kappa shape index (κ3) is 2.98. The molecule has 1 heterocycles. The Balaban J connectivity index is 1.77. The Hall–Kier alpha value is -1.55. The highest BCUT2D eigenvalue weighted by molar-refractivity contribution is 5.88. The molecule has 1 saturated carbocycles. The molecule has 0 bridgehead atoms. The third-order valence-corrected chi connectivity index (χ3v) is 5.20. The van der Waals surface area contributed by atoms with Crippen LogP contribution in [-0.2, 0) is 10.2 Å². The average Bonchev–Trinajstić information content (AvgIpc) is 2.54. The summed E-state index contributed by atoms with van der Waals surface area (Å²) in [6, 6.07) is 8.06. The number of nitrogens with one attached hydrogen (secondary N) is 2. The zero-order valence-electron chi connectivity index (χ0n) is 13.4. The Morgan fingerprint density at radius 3 is 2.45 bits per heavy atom. The predicted octanol–water partition coefficient (Wildman–Crippen LogP) is 2.23. The molecule has 4 heteroatoms. The van der Waals surface area contributed by atoms with Gasteiger partial charge in [-0.3, -0.25) is 4.79 Å². The SMILES string of the molecule is COc1ccc(C2(C(=O)NCC3CNC3)CCCCC2)cc1. The minimum atomic E-state index is -0.346. The van der Waals surface area contributed by atoms with Crippen LogP contribution in [0.5, 0.6) is 5.75 Å². The second-order valence-electron chi connectivity index (χ2n) is 6.61. The van der Waals surface area contributed by atoms with E-state index in [0.717, 1.165) is 56.6 Å². The summed E-state index contributed by atoms with van der Waals surface area (Å²) >= 11 is 0. The van der Waals surface area contributed by atoms with Crippen molar-refractivity contribution in [1.82, 2.24) is 10.6 Å². The monoisotopic (exact) mass is 302 g/mol. The van der Waals surface area contributed by atoms with Gasteiger partial charge in [0.05, 0.1) is 12.5 Å². The van der Waals surface area contributed by atoms with Gasteiger partial charge in [0.25, 0.3) is 0 Å². The van der Waals surface area contributed by atoms with E-state index < -0.39 is 0 Å². The fraction of sp³-hybridized carbons (Fsp3) is 0.611. The van der Waals surface area contributed by atoms with Crippen molar-refractivity contribution in [3.63, 3.8) is 0 Å². The Labute approximate surface area is 132 Å². The first-order valence-corrected chi connectivity index (χ1v) is 8.38. The number of amides is 1. The largest absolute Gasteiger partial charge is 0.497 e. The first-order chi connectivity index (χ1) is 10.7. The molecule has 2 fully saturated rings. The molecule has 0 radical (unpaired) electrons. The van der Waals surface area contributed by atoms with Gasteiger partial charge in [0.2, 0.25) is 5.91 Å². The Morgan fingerprint density at radius 1 is 1.23 bits per heavy atom. The smallest absolute Gasteiger partial charge is 0.230 e. The molecular formula is C18H26N2O2. The summed E-state index contributed by atoms with van der Waals surface area (Å²) < 4.78 is 5.24. The van der Waals surface area contributed by atoms with Gasteiger partial charge in [-0.2, -0.15) is 0 Å². The lowest BCUT2D eigenvalue weighted by molar-refractivity contribution is -0.128. The Morgan fingerprint density at radius 2 is 1.91 bits per heavy atom. The predicted molar refractivity (Wildman–Crippen MR) is 87.1 cm³/mol. The summed E-state index contributed by atoms with van der Waals surface area (Å²) in [4.78, 5) is 13.0. The number of carbonyl (C=O) groups excluding carboxylic acids is 1. The third-order valence-electron chi connectivity index (χ3n) is 5.20. The minimum Gasteiger partial charge on any atom is -0.497 e. The summed E-state index contributed by atoms with van der Waals surface area (Å²) in [6.45, 7) is 2.84. The van der Waals surface area contributed by atoms with Crippen LogP contribution >= 0.6 is 0 Å². The maximum absolute atomic E-state index is 13.0. The van der Waals surface area contributed by atoms with E-state index in [2.05, 4.69) is 22.8 Å². The normalized spacial score (nSPS) is 21.0. The van der Waals surface area contributed by atoms with Crippen LogP contribution in [0.1, 0.15) is 37.7 Å². The van der Waals surface area contributed by atoms with Crippen LogP contribution in [0, 0.1) is 5.92 Å². The van der Waals surface area contributed by atoms with Gasteiger partial charge in [0.15, 0.2) is 0 Å². The summed E-state index contributed by atoms with van der Waals surface area (Å²) in [5, 5.41) is 6.47. The number of hydrogen-bond acceptors (Lipinski definition) is 3. The molecule has 4 nitrogen and oxygen atoms in total. The molecule has 1 aromatic carbocycles. The summed E-state index contributed by atoms with van der Waals surface area (Å²) in [5.74, 6) is 1.65. The fourth-order valence-electron chi connectivity index (χ4n) is 3.61. The lowest BCUT2D eigenvalue weighted by Crippen LogP contribution is -2.52. The standard InChI is InChI=1S/C18H26N2O2/c1-22-16-7-5-15(6-8-16)18(9-3-2-4-10-18)17(21)20-13-14-11-19-12-14/h5-8,14,19H,2-4,9-13H2,1H3,(H,20,21). The lowest BCUT2D eigenvalue weighted by Gasteiger charge is -2.37. The summed E-state index contributed by atoms with van der Waals surface area (Å²) in [7, 11) is 1.67. The Bertz CT molecular complexity index is 502. The first-order valence-electron chi connectivity index (χ1n) is 8.38. The quantitative estimate of drug-likeness (QED) is 0.877. The van der Waals surface area contributed by atoms with E-state index in [1.54, 1.807) is 7.11 Å². The van der Waals surface area contributed by atoms with Crippen molar-refractivity contribution in [1.29, 1.82) is 0 Å². The van der Waals surface area contributed by atoms with E-state index in [1.165, 1.54) is 6.42 Å².